The summed E-state index contributed by atoms with van der Waals surface area (Å²) in [4.78, 5) is 35.4. The number of hydrogen-bond donors (Lipinski definition) is 0. The zero-order valence-corrected chi connectivity index (χ0v) is 11.6. The van der Waals surface area contributed by atoms with Crippen LogP contribution in [0.1, 0.15) is 34.6 Å². The fraction of sp³-hybridized carbons (Fsp3) is 0.118. The average Bonchev–Trinajstić information content (AvgIpc) is 2.46. The van der Waals surface area contributed by atoms with Gasteiger partial charge >= 0.3 is 0 Å². The van der Waals surface area contributed by atoms with Gasteiger partial charge in [-0.3, -0.25) is 14.4 Å². The second kappa shape index (κ2) is 4.66. The Labute approximate surface area is 120 Å². The van der Waals surface area contributed by atoms with E-state index < -0.39 is 0 Å². The van der Waals surface area contributed by atoms with E-state index in [0.29, 0.717) is 33.1 Å². The summed E-state index contributed by atoms with van der Waals surface area (Å²) in [7, 11) is 0. The maximum Gasteiger partial charge on any atom is 0.200 e. The lowest BCUT2D eigenvalue weighted by atomic mass is 10.0. The van der Waals surface area contributed by atoms with Crippen LogP contribution in [0.4, 0.5) is 0 Å². The molecular weight excluding hydrogens is 268 g/mol. The minimum atomic E-state index is -0.238. The summed E-state index contributed by atoms with van der Waals surface area (Å²) in [5.74, 6) is -0.234. The Balaban J connectivity index is 2.42. The maximum absolute atomic E-state index is 12.6. The third kappa shape index (κ3) is 2.14. The quantitative estimate of drug-likeness (QED) is 0.533. The first kappa shape index (κ1) is 13.2. The van der Waals surface area contributed by atoms with Crippen molar-refractivity contribution in [2.75, 3.05) is 0 Å². The number of fused-ring (bicyclic) bond motifs is 2. The highest BCUT2D eigenvalue weighted by Crippen LogP contribution is 2.21. The summed E-state index contributed by atoms with van der Waals surface area (Å²) in [6.07, 6.45) is 0. The second-order valence-corrected chi connectivity index (χ2v) is 4.97. The molecule has 3 aromatic rings. The largest absolute Gasteiger partial charge is 0.456 e. The van der Waals surface area contributed by atoms with Crippen molar-refractivity contribution in [2.24, 2.45) is 0 Å². The van der Waals surface area contributed by atoms with Crippen molar-refractivity contribution in [3.8, 4) is 0 Å². The molecule has 0 fully saturated rings. The maximum atomic E-state index is 12.6. The SMILES string of the molecule is CC(=O)c1ccc2oc3ccc(C(C)=O)cc3c(=O)c2c1. The van der Waals surface area contributed by atoms with E-state index in [-0.39, 0.29) is 17.0 Å². The van der Waals surface area contributed by atoms with Crippen molar-refractivity contribution >= 4 is 33.5 Å². The van der Waals surface area contributed by atoms with E-state index in [9.17, 15) is 14.4 Å². The van der Waals surface area contributed by atoms with E-state index in [2.05, 4.69) is 0 Å². The Kier molecular flexibility index (Phi) is 2.94. The number of rotatable bonds is 2. The van der Waals surface area contributed by atoms with Crippen LogP contribution in [0, 0.1) is 0 Å². The third-order valence-electron chi connectivity index (χ3n) is 3.48. The van der Waals surface area contributed by atoms with Gasteiger partial charge in [0, 0.05) is 11.1 Å². The average molecular weight is 280 g/mol. The van der Waals surface area contributed by atoms with Gasteiger partial charge in [0.2, 0.25) is 5.43 Å². The Bertz CT molecular complexity index is 889. The molecule has 0 aliphatic heterocycles. The molecule has 0 bridgehead atoms. The molecule has 1 heterocycles. The van der Waals surface area contributed by atoms with E-state index in [1.165, 1.54) is 26.0 Å². The van der Waals surface area contributed by atoms with Crippen molar-refractivity contribution < 1.29 is 14.0 Å². The smallest absolute Gasteiger partial charge is 0.200 e. The lowest BCUT2D eigenvalue weighted by molar-refractivity contribution is 0.100. The molecule has 3 rings (SSSR count). The summed E-state index contributed by atoms with van der Waals surface area (Å²) in [6, 6.07) is 9.55. The van der Waals surface area contributed by atoms with Gasteiger partial charge in [0.05, 0.1) is 10.8 Å². The van der Waals surface area contributed by atoms with E-state index >= 15 is 0 Å². The second-order valence-electron chi connectivity index (χ2n) is 4.97. The van der Waals surface area contributed by atoms with Gasteiger partial charge in [0.1, 0.15) is 11.2 Å². The number of benzene rings is 2. The minimum Gasteiger partial charge on any atom is -0.456 e. The fourth-order valence-electron chi connectivity index (χ4n) is 2.29. The third-order valence-corrected chi connectivity index (χ3v) is 3.48. The van der Waals surface area contributed by atoms with Gasteiger partial charge in [0.25, 0.3) is 0 Å². The predicted octanol–water partition coefficient (Wildman–Crippen LogP) is 3.35. The predicted molar refractivity (Wildman–Crippen MR) is 80.0 cm³/mol. The van der Waals surface area contributed by atoms with Crippen LogP contribution in [-0.2, 0) is 0 Å². The summed E-state index contributed by atoms with van der Waals surface area (Å²) < 4.78 is 5.67. The first-order chi connectivity index (χ1) is 9.97. The molecule has 0 aliphatic carbocycles. The Morgan fingerprint density at radius 2 is 1.24 bits per heavy atom. The fourth-order valence-corrected chi connectivity index (χ4v) is 2.29. The zero-order chi connectivity index (χ0) is 15.1. The molecule has 4 nitrogen and oxygen atoms in total. The molecule has 1 aromatic heterocycles. The van der Waals surface area contributed by atoms with E-state index in [4.69, 9.17) is 4.42 Å². The highest BCUT2D eigenvalue weighted by atomic mass is 16.3. The Hall–Kier alpha value is -2.75. The van der Waals surface area contributed by atoms with Crippen LogP contribution in [0.25, 0.3) is 21.9 Å². The lowest BCUT2D eigenvalue weighted by Gasteiger charge is -2.04. The molecule has 21 heavy (non-hydrogen) atoms. The van der Waals surface area contributed by atoms with E-state index in [0.717, 1.165) is 0 Å². The van der Waals surface area contributed by atoms with E-state index in [1.54, 1.807) is 24.3 Å². The number of ketones is 2. The molecular formula is C17H12O4. The highest BCUT2D eigenvalue weighted by molar-refractivity contribution is 6.01. The van der Waals surface area contributed by atoms with E-state index in [1.807, 2.05) is 0 Å². The molecule has 0 saturated heterocycles. The highest BCUT2D eigenvalue weighted by Gasteiger charge is 2.11. The number of carbonyl (C=O) groups is 2. The molecule has 0 spiro atoms. The molecule has 4 heteroatoms. The summed E-state index contributed by atoms with van der Waals surface area (Å²) in [5.41, 5.74) is 1.52. The van der Waals surface area contributed by atoms with Crippen molar-refractivity contribution in [3.63, 3.8) is 0 Å². The number of hydrogen-bond acceptors (Lipinski definition) is 4. The summed E-state index contributed by atoms with van der Waals surface area (Å²) in [6.45, 7) is 2.88. The van der Waals surface area contributed by atoms with Crippen LogP contribution in [0.2, 0.25) is 0 Å². The number of carbonyl (C=O) groups excluding carboxylic acids is 2. The minimum absolute atomic E-state index is 0.117. The van der Waals surface area contributed by atoms with Crippen molar-refractivity contribution in [1.29, 1.82) is 0 Å². The lowest BCUT2D eigenvalue weighted by Crippen LogP contribution is -2.05. The first-order valence-electron chi connectivity index (χ1n) is 6.50. The zero-order valence-electron chi connectivity index (χ0n) is 11.6. The molecule has 2 aromatic carbocycles. The molecule has 0 amide bonds. The van der Waals surface area contributed by atoms with Crippen LogP contribution in [0.5, 0.6) is 0 Å². The Morgan fingerprint density at radius 3 is 1.62 bits per heavy atom. The molecule has 0 atom stereocenters. The van der Waals surface area contributed by atoms with Crippen LogP contribution in [0.3, 0.4) is 0 Å². The molecule has 0 saturated carbocycles. The first-order valence-corrected chi connectivity index (χ1v) is 6.50. The monoisotopic (exact) mass is 280 g/mol. The van der Waals surface area contributed by atoms with Gasteiger partial charge in [-0.15, -0.1) is 0 Å². The topological polar surface area (TPSA) is 64.3 Å². The standard InChI is InChI=1S/C17H12O4/c1-9(18)11-3-5-15-13(7-11)17(20)14-8-12(10(2)19)4-6-16(14)21-15/h3-8H,1-2H3. The van der Waals surface area contributed by atoms with Gasteiger partial charge in [-0.25, -0.2) is 0 Å². The molecule has 104 valence electrons. The van der Waals surface area contributed by atoms with Gasteiger partial charge < -0.3 is 4.42 Å². The van der Waals surface area contributed by atoms with Gasteiger partial charge in [-0.1, -0.05) is 0 Å². The van der Waals surface area contributed by atoms with Crippen LogP contribution >= 0.6 is 0 Å². The molecule has 0 N–H and O–H groups in total. The van der Waals surface area contributed by atoms with Crippen LogP contribution in [-0.4, -0.2) is 11.6 Å². The number of Topliss-reactive ketones (excluding diaryl/α,β-unsaturated/α-hetero) is 2. The van der Waals surface area contributed by atoms with Crippen molar-refractivity contribution in [3.05, 3.63) is 57.7 Å². The van der Waals surface area contributed by atoms with Gasteiger partial charge in [-0.2, -0.15) is 0 Å². The molecule has 0 radical (unpaired) electrons. The summed E-state index contributed by atoms with van der Waals surface area (Å²) in [5, 5.41) is 0.687. The van der Waals surface area contributed by atoms with Crippen LogP contribution < -0.4 is 5.43 Å². The van der Waals surface area contributed by atoms with Crippen molar-refractivity contribution in [1.82, 2.24) is 0 Å². The molecule has 0 aliphatic rings. The van der Waals surface area contributed by atoms with Gasteiger partial charge in [0.15, 0.2) is 11.6 Å². The van der Waals surface area contributed by atoms with Crippen LogP contribution in [0.15, 0.2) is 45.6 Å². The van der Waals surface area contributed by atoms with Gasteiger partial charge in [-0.05, 0) is 50.2 Å². The normalized spacial score (nSPS) is 11.0. The summed E-state index contributed by atoms with van der Waals surface area (Å²) >= 11 is 0. The Morgan fingerprint density at radius 1 is 0.810 bits per heavy atom. The molecule has 0 unspecified atom stereocenters. The van der Waals surface area contributed by atoms with Crippen molar-refractivity contribution in [2.45, 2.75) is 13.8 Å².